The summed E-state index contributed by atoms with van der Waals surface area (Å²) < 4.78 is 43.2. The highest BCUT2D eigenvalue weighted by Crippen LogP contribution is 2.17. The van der Waals surface area contributed by atoms with Gasteiger partial charge < -0.3 is 4.74 Å². The fourth-order valence-electron chi connectivity index (χ4n) is 1.62. The van der Waals surface area contributed by atoms with Gasteiger partial charge in [-0.15, -0.1) is 0 Å². The fraction of sp³-hybridized carbons (Fsp3) is 0.917. The summed E-state index contributed by atoms with van der Waals surface area (Å²) in [4.78, 5) is 0. The molecular formula is C12H24O5S2. The van der Waals surface area contributed by atoms with Gasteiger partial charge in [-0.3, -0.25) is 4.18 Å². The van der Waals surface area contributed by atoms with Crippen LogP contribution in [0.1, 0.15) is 39.5 Å². The maximum Gasteiger partial charge on any atom is 0.264 e. The Morgan fingerprint density at radius 3 is 2.58 bits per heavy atom. The van der Waals surface area contributed by atoms with E-state index in [9.17, 15) is 12.6 Å². The van der Waals surface area contributed by atoms with Gasteiger partial charge in [0.15, 0.2) is 0 Å². The van der Waals surface area contributed by atoms with Gasteiger partial charge >= 0.3 is 0 Å². The second kappa shape index (κ2) is 10.5. The average molecular weight is 312 g/mol. The average Bonchev–Trinajstić information content (AvgIpc) is 2.32. The van der Waals surface area contributed by atoms with Crippen LogP contribution in [0.2, 0.25) is 0 Å². The molecular weight excluding hydrogens is 288 g/mol. The van der Waals surface area contributed by atoms with Crippen molar-refractivity contribution in [1.29, 1.82) is 0 Å². The summed E-state index contributed by atoms with van der Waals surface area (Å²) in [6.07, 6.45) is 3.57. The van der Waals surface area contributed by atoms with Crippen LogP contribution >= 0.6 is 0 Å². The lowest BCUT2D eigenvalue weighted by Gasteiger charge is -2.22. The number of hydrogen-bond donors (Lipinski definition) is 0. The van der Waals surface area contributed by atoms with Crippen LogP contribution in [0.4, 0.5) is 0 Å². The van der Waals surface area contributed by atoms with Crippen molar-refractivity contribution in [3.05, 3.63) is 0 Å². The standard InChI is InChI=1S/C12H24O5S2/c1-4-8-16-10-11(2)12(17-19(3,14)15)7-5-6-9-18-13/h9,11-12H,4-8,10H2,1-3H3. The summed E-state index contributed by atoms with van der Waals surface area (Å²) in [5.74, 6) is 0.00109. The molecule has 114 valence electrons. The van der Waals surface area contributed by atoms with Gasteiger partial charge in [0, 0.05) is 17.9 Å². The third-order valence-electron chi connectivity index (χ3n) is 2.54. The SMILES string of the molecule is CCCOCC(C)C(CCCC=S=O)OS(C)(=O)=O. The zero-order valence-electron chi connectivity index (χ0n) is 11.8. The van der Waals surface area contributed by atoms with Crippen LogP contribution in [0.25, 0.3) is 0 Å². The Hall–Kier alpha value is -0.240. The highest BCUT2D eigenvalue weighted by Gasteiger charge is 2.22. The van der Waals surface area contributed by atoms with E-state index in [2.05, 4.69) is 0 Å². The van der Waals surface area contributed by atoms with Crippen LogP contribution in [0.15, 0.2) is 0 Å². The van der Waals surface area contributed by atoms with Gasteiger partial charge in [-0.05, 0) is 25.7 Å². The molecule has 2 atom stereocenters. The normalized spacial score (nSPS) is 14.9. The summed E-state index contributed by atoms with van der Waals surface area (Å²) in [5, 5.41) is 1.57. The second-order valence-corrected chi connectivity index (χ2v) is 6.71. The van der Waals surface area contributed by atoms with Gasteiger partial charge in [0.2, 0.25) is 0 Å². The van der Waals surface area contributed by atoms with Crippen molar-refractivity contribution < 1.29 is 21.5 Å². The Kier molecular flexibility index (Phi) is 10.4. The van der Waals surface area contributed by atoms with E-state index in [-0.39, 0.29) is 5.92 Å². The largest absolute Gasteiger partial charge is 0.381 e. The van der Waals surface area contributed by atoms with Crippen molar-refractivity contribution in [2.24, 2.45) is 5.92 Å². The van der Waals surface area contributed by atoms with Crippen molar-refractivity contribution >= 4 is 26.7 Å². The third kappa shape index (κ3) is 11.3. The Balaban J connectivity index is 4.34. The van der Waals surface area contributed by atoms with E-state index in [0.717, 1.165) is 19.1 Å². The van der Waals surface area contributed by atoms with E-state index in [1.165, 1.54) is 0 Å². The van der Waals surface area contributed by atoms with Crippen molar-refractivity contribution in [3.63, 3.8) is 0 Å². The first-order chi connectivity index (χ1) is 8.90. The predicted octanol–water partition coefficient (Wildman–Crippen LogP) is 1.58. The zero-order valence-corrected chi connectivity index (χ0v) is 13.5. The molecule has 0 amide bonds. The molecule has 0 saturated carbocycles. The molecule has 0 aromatic heterocycles. The first kappa shape index (κ1) is 18.8. The molecule has 5 nitrogen and oxygen atoms in total. The number of unbranched alkanes of at least 4 members (excludes halogenated alkanes) is 1. The summed E-state index contributed by atoms with van der Waals surface area (Å²) in [5.41, 5.74) is 0. The molecule has 0 rings (SSSR count). The highest BCUT2D eigenvalue weighted by molar-refractivity contribution is 7.86. The number of rotatable bonds is 11. The molecule has 0 spiro atoms. The van der Waals surface area contributed by atoms with Crippen LogP contribution < -0.4 is 0 Å². The van der Waals surface area contributed by atoms with Gasteiger partial charge in [0.05, 0.1) is 30.2 Å². The first-order valence-corrected chi connectivity index (χ1v) is 9.09. The molecule has 0 radical (unpaired) electrons. The van der Waals surface area contributed by atoms with Gasteiger partial charge in [0.1, 0.15) is 0 Å². The van der Waals surface area contributed by atoms with Crippen LogP contribution in [-0.2, 0) is 30.3 Å². The van der Waals surface area contributed by atoms with Crippen molar-refractivity contribution in [1.82, 2.24) is 0 Å². The van der Waals surface area contributed by atoms with E-state index in [0.29, 0.717) is 37.3 Å². The summed E-state index contributed by atoms with van der Waals surface area (Å²) in [6, 6.07) is 0. The molecule has 0 aliphatic rings. The Morgan fingerprint density at radius 2 is 2.05 bits per heavy atom. The summed E-state index contributed by atoms with van der Waals surface area (Å²) >= 11 is 0.433. The molecule has 19 heavy (non-hydrogen) atoms. The maximum absolute atomic E-state index is 11.2. The maximum atomic E-state index is 11.2. The number of ether oxygens (including phenoxy) is 1. The Labute approximate surface area is 119 Å². The van der Waals surface area contributed by atoms with E-state index >= 15 is 0 Å². The lowest BCUT2D eigenvalue weighted by molar-refractivity contribution is 0.0470. The molecule has 0 aromatic carbocycles. The molecule has 0 N–H and O–H groups in total. The predicted molar refractivity (Wildman–Crippen MR) is 78.0 cm³/mol. The molecule has 0 heterocycles. The van der Waals surface area contributed by atoms with E-state index in [4.69, 9.17) is 8.92 Å². The highest BCUT2D eigenvalue weighted by atomic mass is 32.2. The van der Waals surface area contributed by atoms with E-state index < -0.39 is 16.2 Å². The van der Waals surface area contributed by atoms with E-state index in [1.807, 2.05) is 13.8 Å². The topological polar surface area (TPSA) is 69.7 Å². The van der Waals surface area contributed by atoms with Crippen LogP contribution in [0.3, 0.4) is 0 Å². The molecule has 0 aliphatic carbocycles. The van der Waals surface area contributed by atoms with Crippen LogP contribution in [0, 0.1) is 5.92 Å². The van der Waals surface area contributed by atoms with E-state index in [1.54, 1.807) is 5.37 Å². The van der Waals surface area contributed by atoms with Crippen molar-refractivity contribution in [2.45, 2.75) is 45.6 Å². The third-order valence-corrected chi connectivity index (χ3v) is 3.51. The molecule has 0 aromatic rings. The van der Waals surface area contributed by atoms with Gasteiger partial charge in [-0.1, -0.05) is 13.8 Å². The zero-order chi connectivity index (χ0) is 14.7. The Bertz CT molecular complexity index is 374. The quantitative estimate of drug-likeness (QED) is 0.329. The molecule has 0 saturated heterocycles. The second-order valence-electron chi connectivity index (χ2n) is 4.58. The van der Waals surface area contributed by atoms with Crippen LogP contribution in [0.5, 0.6) is 0 Å². The molecule has 0 bridgehead atoms. The van der Waals surface area contributed by atoms with Gasteiger partial charge in [-0.2, -0.15) is 8.42 Å². The van der Waals surface area contributed by atoms with Gasteiger partial charge in [0.25, 0.3) is 10.1 Å². The molecule has 2 unspecified atom stereocenters. The number of hydrogen-bond acceptors (Lipinski definition) is 5. The molecule has 0 fully saturated rings. The smallest absolute Gasteiger partial charge is 0.264 e. The van der Waals surface area contributed by atoms with Crippen LogP contribution in [-0.4, -0.2) is 43.6 Å². The minimum absolute atomic E-state index is 0.00109. The summed E-state index contributed by atoms with van der Waals surface area (Å²) in [6.45, 7) is 5.08. The molecule has 0 aliphatic heterocycles. The minimum atomic E-state index is -3.47. The monoisotopic (exact) mass is 312 g/mol. The van der Waals surface area contributed by atoms with Gasteiger partial charge in [-0.25, -0.2) is 4.21 Å². The first-order valence-electron chi connectivity index (χ1n) is 6.47. The minimum Gasteiger partial charge on any atom is -0.381 e. The summed E-state index contributed by atoms with van der Waals surface area (Å²) in [7, 11) is -3.47. The van der Waals surface area contributed by atoms with Crippen molar-refractivity contribution in [3.8, 4) is 0 Å². The fourth-order valence-corrected chi connectivity index (χ4v) is 2.62. The Morgan fingerprint density at radius 1 is 1.37 bits per heavy atom. The van der Waals surface area contributed by atoms with Crippen molar-refractivity contribution in [2.75, 3.05) is 19.5 Å². The molecule has 7 heteroatoms. The lowest BCUT2D eigenvalue weighted by Crippen LogP contribution is -2.28. The lowest BCUT2D eigenvalue weighted by atomic mass is 10.0.